The molecule has 0 fully saturated rings. The zero-order valence-electron chi connectivity index (χ0n) is 13.0. The third-order valence-electron chi connectivity index (χ3n) is 3.91. The summed E-state index contributed by atoms with van der Waals surface area (Å²) < 4.78 is 0. The van der Waals surface area contributed by atoms with Crippen LogP contribution in [0.15, 0.2) is 77.9 Å². The van der Waals surface area contributed by atoms with Gasteiger partial charge in [-0.1, -0.05) is 77.9 Å². The van der Waals surface area contributed by atoms with Crippen molar-refractivity contribution in [1.82, 2.24) is 0 Å². The SMILES string of the molecule is [N-]=[N+]=Nc1ccc(C(C=O)=CCc2cccc3ccccc23)cc1. The fourth-order valence-electron chi connectivity index (χ4n) is 2.70. The van der Waals surface area contributed by atoms with Crippen LogP contribution in [0, 0.1) is 0 Å². The normalized spacial score (nSPS) is 11.1. The van der Waals surface area contributed by atoms with Crippen LogP contribution in [0.2, 0.25) is 0 Å². The molecule has 4 nitrogen and oxygen atoms in total. The van der Waals surface area contributed by atoms with E-state index in [-0.39, 0.29) is 0 Å². The van der Waals surface area contributed by atoms with E-state index in [0.29, 0.717) is 17.7 Å². The van der Waals surface area contributed by atoms with Crippen LogP contribution in [0.1, 0.15) is 11.1 Å². The van der Waals surface area contributed by atoms with Crippen molar-refractivity contribution in [2.24, 2.45) is 5.11 Å². The number of aldehydes is 1. The number of hydrogen-bond donors (Lipinski definition) is 0. The molecule has 0 aromatic heterocycles. The van der Waals surface area contributed by atoms with Crippen molar-refractivity contribution in [3.8, 4) is 0 Å². The van der Waals surface area contributed by atoms with Crippen molar-refractivity contribution >= 4 is 28.3 Å². The number of azide groups is 1. The standard InChI is InChI=1S/C20H15N3O/c21-23-22-19-12-10-15(11-13-19)18(14-24)9-8-17-6-3-5-16-4-1-2-7-20(16)17/h1-7,9-14H,8H2. The van der Waals surface area contributed by atoms with E-state index in [2.05, 4.69) is 34.3 Å². The quantitative estimate of drug-likeness (QED) is 0.198. The fourth-order valence-corrected chi connectivity index (χ4v) is 2.70. The van der Waals surface area contributed by atoms with E-state index in [9.17, 15) is 4.79 Å². The lowest BCUT2D eigenvalue weighted by atomic mass is 9.99. The maximum atomic E-state index is 11.5. The number of rotatable bonds is 5. The van der Waals surface area contributed by atoms with Crippen LogP contribution < -0.4 is 0 Å². The minimum Gasteiger partial charge on any atom is -0.298 e. The molecule has 0 aliphatic rings. The topological polar surface area (TPSA) is 65.8 Å². The molecule has 0 unspecified atom stereocenters. The van der Waals surface area contributed by atoms with E-state index in [1.807, 2.05) is 24.3 Å². The predicted molar refractivity (Wildman–Crippen MR) is 96.9 cm³/mol. The van der Waals surface area contributed by atoms with E-state index >= 15 is 0 Å². The maximum Gasteiger partial charge on any atom is 0.150 e. The molecule has 0 spiro atoms. The Bertz CT molecular complexity index is 947. The summed E-state index contributed by atoms with van der Waals surface area (Å²) >= 11 is 0. The molecule has 4 heteroatoms. The summed E-state index contributed by atoms with van der Waals surface area (Å²) in [6, 6.07) is 21.4. The minimum atomic E-state index is 0.528. The molecule has 3 aromatic carbocycles. The van der Waals surface area contributed by atoms with Gasteiger partial charge in [0, 0.05) is 16.2 Å². The Labute approximate surface area is 139 Å². The molecule has 0 aliphatic heterocycles. The Morgan fingerprint density at radius 3 is 2.50 bits per heavy atom. The summed E-state index contributed by atoms with van der Waals surface area (Å²) in [6.07, 6.45) is 3.46. The lowest BCUT2D eigenvalue weighted by Crippen LogP contribution is -1.89. The van der Waals surface area contributed by atoms with Gasteiger partial charge in [-0.2, -0.15) is 0 Å². The number of carbonyl (C=O) groups excluding carboxylic acids is 1. The molecular weight excluding hydrogens is 298 g/mol. The summed E-state index contributed by atoms with van der Waals surface area (Å²) in [5, 5.41) is 5.92. The van der Waals surface area contributed by atoms with Gasteiger partial charge in [0.25, 0.3) is 0 Å². The Morgan fingerprint density at radius 1 is 1.00 bits per heavy atom. The van der Waals surface area contributed by atoms with Crippen LogP contribution in [-0.4, -0.2) is 6.29 Å². The molecule has 0 heterocycles. The fraction of sp³-hybridized carbons (Fsp3) is 0.0500. The van der Waals surface area contributed by atoms with E-state index in [0.717, 1.165) is 11.8 Å². The number of benzene rings is 3. The van der Waals surface area contributed by atoms with Gasteiger partial charge in [0.2, 0.25) is 0 Å². The van der Waals surface area contributed by atoms with E-state index in [4.69, 9.17) is 5.53 Å². The Morgan fingerprint density at radius 2 is 1.75 bits per heavy atom. The molecule has 116 valence electrons. The monoisotopic (exact) mass is 313 g/mol. The molecule has 0 bridgehead atoms. The second kappa shape index (κ2) is 7.27. The number of nitrogens with zero attached hydrogens (tertiary/aromatic N) is 3. The Kier molecular flexibility index (Phi) is 4.70. The van der Waals surface area contributed by atoms with Crippen molar-refractivity contribution in [3.05, 3.63) is 94.4 Å². The molecule has 0 atom stereocenters. The van der Waals surface area contributed by atoms with E-state index in [1.54, 1.807) is 24.3 Å². The summed E-state index contributed by atoms with van der Waals surface area (Å²) in [5.74, 6) is 0. The number of fused-ring (bicyclic) bond motifs is 1. The Hall–Kier alpha value is -3.36. The van der Waals surface area contributed by atoms with Crippen LogP contribution in [0.4, 0.5) is 5.69 Å². The molecule has 0 saturated carbocycles. The average molecular weight is 313 g/mol. The van der Waals surface area contributed by atoms with Gasteiger partial charge >= 0.3 is 0 Å². The molecule has 24 heavy (non-hydrogen) atoms. The van der Waals surface area contributed by atoms with Crippen molar-refractivity contribution in [2.75, 3.05) is 0 Å². The lowest BCUT2D eigenvalue weighted by molar-refractivity contribution is -0.103. The second-order valence-corrected chi connectivity index (χ2v) is 5.36. The molecule has 3 aromatic rings. The van der Waals surface area contributed by atoms with E-state index in [1.165, 1.54) is 16.3 Å². The van der Waals surface area contributed by atoms with Crippen LogP contribution in [0.3, 0.4) is 0 Å². The smallest absolute Gasteiger partial charge is 0.150 e. The zero-order valence-corrected chi connectivity index (χ0v) is 13.0. The Balaban J connectivity index is 1.90. The number of carbonyl (C=O) groups is 1. The molecule has 0 aliphatic carbocycles. The summed E-state index contributed by atoms with van der Waals surface area (Å²) in [6.45, 7) is 0. The number of allylic oxidation sites excluding steroid dienone is 2. The summed E-state index contributed by atoms with van der Waals surface area (Å²) in [4.78, 5) is 14.2. The molecule has 3 rings (SSSR count). The molecule has 0 saturated heterocycles. The first-order valence-corrected chi connectivity index (χ1v) is 7.59. The van der Waals surface area contributed by atoms with Crippen LogP contribution in [0.5, 0.6) is 0 Å². The largest absolute Gasteiger partial charge is 0.298 e. The average Bonchev–Trinajstić information content (AvgIpc) is 2.64. The molecule has 0 amide bonds. The number of hydrogen-bond acceptors (Lipinski definition) is 2. The van der Waals surface area contributed by atoms with Crippen molar-refractivity contribution in [3.63, 3.8) is 0 Å². The first kappa shape index (κ1) is 15.5. The van der Waals surface area contributed by atoms with Crippen LogP contribution in [-0.2, 0) is 11.2 Å². The highest BCUT2D eigenvalue weighted by atomic mass is 16.1. The van der Waals surface area contributed by atoms with Crippen LogP contribution >= 0.6 is 0 Å². The molecule has 0 radical (unpaired) electrons. The van der Waals surface area contributed by atoms with Gasteiger partial charge in [-0.3, -0.25) is 4.79 Å². The zero-order chi connectivity index (χ0) is 16.8. The van der Waals surface area contributed by atoms with Crippen LogP contribution in [0.25, 0.3) is 26.8 Å². The molecule has 0 N–H and O–H groups in total. The molecular formula is C20H15N3O. The van der Waals surface area contributed by atoms with Gasteiger partial charge in [0.05, 0.1) is 0 Å². The van der Waals surface area contributed by atoms with Crippen molar-refractivity contribution < 1.29 is 4.79 Å². The van der Waals surface area contributed by atoms with Gasteiger partial charge in [-0.05, 0) is 33.9 Å². The predicted octanol–water partition coefficient (Wildman–Crippen LogP) is 5.61. The highest BCUT2D eigenvalue weighted by molar-refractivity contribution is 6.07. The van der Waals surface area contributed by atoms with Crippen molar-refractivity contribution in [2.45, 2.75) is 6.42 Å². The first-order valence-electron chi connectivity index (χ1n) is 7.59. The summed E-state index contributed by atoms with van der Waals surface area (Å²) in [5.41, 5.74) is 11.6. The van der Waals surface area contributed by atoms with Gasteiger partial charge in [0.15, 0.2) is 0 Å². The summed E-state index contributed by atoms with van der Waals surface area (Å²) in [7, 11) is 0. The maximum absolute atomic E-state index is 11.5. The van der Waals surface area contributed by atoms with Gasteiger partial charge < -0.3 is 0 Å². The second-order valence-electron chi connectivity index (χ2n) is 5.36. The third kappa shape index (κ3) is 3.35. The third-order valence-corrected chi connectivity index (χ3v) is 3.91. The first-order chi connectivity index (χ1) is 11.8. The van der Waals surface area contributed by atoms with E-state index < -0.39 is 0 Å². The lowest BCUT2D eigenvalue weighted by Gasteiger charge is -2.05. The highest BCUT2D eigenvalue weighted by Gasteiger charge is 2.03. The highest BCUT2D eigenvalue weighted by Crippen LogP contribution is 2.22. The van der Waals surface area contributed by atoms with Gasteiger partial charge in [-0.15, -0.1) is 0 Å². The van der Waals surface area contributed by atoms with Gasteiger partial charge in [0.1, 0.15) is 6.29 Å². The minimum absolute atomic E-state index is 0.528. The van der Waals surface area contributed by atoms with Crippen molar-refractivity contribution in [1.29, 1.82) is 0 Å². The van der Waals surface area contributed by atoms with Gasteiger partial charge in [-0.25, -0.2) is 0 Å².